The molecule has 4 aliphatic carbocycles. The number of imide groups is 1. The lowest BCUT2D eigenvalue weighted by atomic mass is 9.48. The Morgan fingerprint density at radius 3 is 2.34 bits per heavy atom. The zero-order valence-corrected chi connectivity index (χ0v) is 18.4. The van der Waals surface area contributed by atoms with Crippen LogP contribution in [0, 0.1) is 29.1 Å². The van der Waals surface area contributed by atoms with Crippen LogP contribution in [0.5, 0.6) is 0 Å². The van der Waals surface area contributed by atoms with Crippen LogP contribution in [0.1, 0.15) is 62.3 Å². The standard InChI is InChI=1S/C22H24F3N3O3S/c1-2-31-20(30)28-18(29)11-32-19-15(10-26)16(22(23,24)25)6-17(27-19)21-7-12-3-13(8-21)5-14(4-12)9-21/h6,12-14H,2-5,7-9,11H2,1H3,(H,28,29,30). The van der Waals surface area contributed by atoms with Crippen LogP contribution in [0.3, 0.4) is 0 Å². The summed E-state index contributed by atoms with van der Waals surface area (Å²) in [7, 11) is 0. The average molecular weight is 468 g/mol. The Kier molecular flexibility index (Phi) is 6.14. The molecule has 4 aliphatic rings. The van der Waals surface area contributed by atoms with E-state index >= 15 is 0 Å². The number of ether oxygens (including phenoxy) is 1. The average Bonchev–Trinajstić information content (AvgIpc) is 2.70. The van der Waals surface area contributed by atoms with Gasteiger partial charge in [-0.25, -0.2) is 9.78 Å². The van der Waals surface area contributed by atoms with E-state index in [2.05, 4.69) is 9.72 Å². The van der Waals surface area contributed by atoms with Crippen LogP contribution in [0.4, 0.5) is 18.0 Å². The van der Waals surface area contributed by atoms with E-state index in [4.69, 9.17) is 0 Å². The van der Waals surface area contributed by atoms with E-state index in [1.807, 2.05) is 5.32 Å². The van der Waals surface area contributed by atoms with Gasteiger partial charge in [0, 0.05) is 11.1 Å². The number of halogens is 3. The molecule has 0 atom stereocenters. The molecule has 2 amide bonds. The lowest BCUT2D eigenvalue weighted by Crippen LogP contribution is -2.49. The quantitative estimate of drug-likeness (QED) is 0.625. The second-order valence-electron chi connectivity index (χ2n) is 9.10. The lowest BCUT2D eigenvalue weighted by molar-refractivity contribution is -0.138. The van der Waals surface area contributed by atoms with Crippen molar-refractivity contribution in [3.63, 3.8) is 0 Å². The maximum absolute atomic E-state index is 13.9. The van der Waals surface area contributed by atoms with Gasteiger partial charge in [-0.3, -0.25) is 10.1 Å². The molecule has 0 saturated heterocycles. The molecule has 1 aromatic rings. The molecule has 0 radical (unpaired) electrons. The van der Waals surface area contributed by atoms with Gasteiger partial charge in [-0.15, -0.1) is 0 Å². The molecule has 1 heterocycles. The Morgan fingerprint density at radius 2 is 1.84 bits per heavy atom. The van der Waals surface area contributed by atoms with Crippen LogP contribution in [0.15, 0.2) is 11.1 Å². The zero-order chi connectivity index (χ0) is 23.1. The van der Waals surface area contributed by atoms with Gasteiger partial charge >= 0.3 is 12.3 Å². The summed E-state index contributed by atoms with van der Waals surface area (Å²) in [5.74, 6) is 0.452. The summed E-state index contributed by atoms with van der Waals surface area (Å²) in [5, 5.41) is 11.4. The molecule has 0 aliphatic heterocycles. The molecule has 4 bridgehead atoms. The number of nitrogens with zero attached hydrogens (tertiary/aromatic N) is 2. The fraction of sp³-hybridized carbons (Fsp3) is 0.636. The minimum atomic E-state index is -4.71. The van der Waals surface area contributed by atoms with E-state index in [1.165, 1.54) is 0 Å². The first-order valence-electron chi connectivity index (χ1n) is 10.8. The van der Waals surface area contributed by atoms with E-state index in [0.29, 0.717) is 23.4 Å². The van der Waals surface area contributed by atoms with Gasteiger partial charge in [0.25, 0.3) is 0 Å². The number of amides is 2. The number of carbonyl (C=O) groups excluding carboxylic acids is 2. The van der Waals surface area contributed by atoms with Gasteiger partial charge < -0.3 is 4.74 Å². The minimum Gasteiger partial charge on any atom is -0.450 e. The summed E-state index contributed by atoms with van der Waals surface area (Å²) in [6.07, 6.45) is 0.234. The van der Waals surface area contributed by atoms with Gasteiger partial charge in [0.1, 0.15) is 11.1 Å². The van der Waals surface area contributed by atoms with Gasteiger partial charge in [0.15, 0.2) is 0 Å². The number of nitriles is 1. The van der Waals surface area contributed by atoms with E-state index in [0.717, 1.165) is 56.4 Å². The molecule has 6 nitrogen and oxygen atoms in total. The molecule has 32 heavy (non-hydrogen) atoms. The van der Waals surface area contributed by atoms with Crippen molar-refractivity contribution < 1.29 is 27.5 Å². The number of hydrogen-bond donors (Lipinski definition) is 1. The summed E-state index contributed by atoms with van der Waals surface area (Å²) < 4.78 is 46.3. The fourth-order valence-electron chi connectivity index (χ4n) is 6.10. The SMILES string of the molecule is CCOC(=O)NC(=O)CSc1nc(C23CC4CC(CC(C4)C2)C3)cc(C(F)(F)F)c1C#N. The molecule has 10 heteroatoms. The minimum absolute atomic E-state index is 0.0778. The predicted molar refractivity (Wildman–Crippen MR) is 110 cm³/mol. The molecular weight excluding hydrogens is 443 g/mol. The van der Waals surface area contributed by atoms with Crippen molar-refractivity contribution in [2.75, 3.05) is 12.4 Å². The number of alkyl halides is 3. The van der Waals surface area contributed by atoms with Crippen molar-refractivity contribution in [1.29, 1.82) is 5.26 Å². The summed E-state index contributed by atoms with van der Waals surface area (Å²) in [6.45, 7) is 1.66. The van der Waals surface area contributed by atoms with Gasteiger partial charge in [-0.05, 0) is 69.3 Å². The highest BCUT2D eigenvalue weighted by molar-refractivity contribution is 8.00. The number of alkyl carbamates (subject to hydrolysis) is 1. The van der Waals surface area contributed by atoms with Crippen molar-refractivity contribution in [2.24, 2.45) is 17.8 Å². The molecular formula is C22H24F3N3O3S. The molecule has 1 aromatic heterocycles. The molecule has 0 unspecified atom stereocenters. The van der Waals surface area contributed by atoms with Crippen molar-refractivity contribution in [3.8, 4) is 6.07 Å². The van der Waals surface area contributed by atoms with E-state index < -0.39 is 34.7 Å². The number of thioether (sulfide) groups is 1. The number of nitrogens with one attached hydrogen (secondary N) is 1. The summed E-state index contributed by atoms with van der Waals surface area (Å²) in [5.41, 5.74) is -1.60. The highest BCUT2D eigenvalue weighted by atomic mass is 32.2. The maximum atomic E-state index is 13.9. The summed E-state index contributed by atoms with van der Waals surface area (Å²) in [6, 6.07) is 2.69. The van der Waals surface area contributed by atoms with Gasteiger partial charge in [-0.2, -0.15) is 18.4 Å². The van der Waals surface area contributed by atoms with Gasteiger partial charge in [0.2, 0.25) is 5.91 Å². The van der Waals surface area contributed by atoms with Crippen LogP contribution in [0.2, 0.25) is 0 Å². The Labute approximate surface area is 188 Å². The predicted octanol–water partition coefficient (Wildman–Crippen LogP) is 4.80. The topological polar surface area (TPSA) is 92.1 Å². The molecule has 5 rings (SSSR count). The van der Waals surface area contributed by atoms with Gasteiger partial charge in [0.05, 0.1) is 23.5 Å². The van der Waals surface area contributed by atoms with Crippen LogP contribution in [-0.2, 0) is 21.1 Å². The van der Waals surface area contributed by atoms with Crippen LogP contribution >= 0.6 is 11.8 Å². The Bertz CT molecular complexity index is 938. The number of rotatable bonds is 5. The second-order valence-corrected chi connectivity index (χ2v) is 10.1. The van der Waals surface area contributed by atoms with Crippen molar-refractivity contribution in [1.82, 2.24) is 10.3 Å². The summed E-state index contributed by atoms with van der Waals surface area (Å²) >= 11 is 0.735. The first-order chi connectivity index (χ1) is 15.1. The first kappa shape index (κ1) is 22.9. The number of carbonyl (C=O) groups is 2. The monoisotopic (exact) mass is 467 g/mol. The van der Waals surface area contributed by atoms with Crippen LogP contribution in [0.25, 0.3) is 0 Å². The fourth-order valence-corrected chi connectivity index (χ4v) is 6.91. The summed E-state index contributed by atoms with van der Waals surface area (Å²) in [4.78, 5) is 28.0. The highest BCUT2D eigenvalue weighted by Gasteiger charge is 2.53. The van der Waals surface area contributed by atoms with Crippen LogP contribution < -0.4 is 5.32 Å². The van der Waals surface area contributed by atoms with E-state index in [9.17, 15) is 28.0 Å². The number of hydrogen-bond acceptors (Lipinski definition) is 6. The highest BCUT2D eigenvalue weighted by Crippen LogP contribution is 2.60. The normalized spacial score (nSPS) is 28.3. The van der Waals surface area contributed by atoms with Crippen LogP contribution in [-0.4, -0.2) is 29.3 Å². The maximum Gasteiger partial charge on any atom is 0.417 e. The largest absolute Gasteiger partial charge is 0.450 e. The lowest BCUT2D eigenvalue weighted by Gasteiger charge is -2.56. The van der Waals surface area contributed by atoms with E-state index in [-0.39, 0.29) is 17.4 Å². The van der Waals surface area contributed by atoms with Crippen molar-refractivity contribution in [3.05, 3.63) is 22.9 Å². The van der Waals surface area contributed by atoms with E-state index in [1.54, 1.807) is 13.0 Å². The molecule has 0 aromatic carbocycles. The molecule has 4 saturated carbocycles. The molecule has 172 valence electrons. The first-order valence-corrected chi connectivity index (χ1v) is 11.7. The Hall–Kier alpha value is -2.28. The third-order valence-corrected chi connectivity index (χ3v) is 7.82. The molecule has 1 N–H and O–H groups in total. The number of pyridine rings is 1. The zero-order valence-electron chi connectivity index (χ0n) is 17.6. The number of aromatic nitrogens is 1. The van der Waals surface area contributed by atoms with Gasteiger partial charge in [-0.1, -0.05) is 11.8 Å². The Balaban J connectivity index is 1.66. The van der Waals surface area contributed by atoms with Crippen molar-refractivity contribution in [2.45, 2.75) is 62.1 Å². The Morgan fingerprint density at radius 1 is 1.25 bits per heavy atom. The molecule has 0 spiro atoms. The smallest absolute Gasteiger partial charge is 0.417 e. The molecule has 4 fully saturated rings. The third kappa shape index (κ3) is 4.45. The second kappa shape index (κ2) is 8.58. The third-order valence-electron chi connectivity index (χ3n) is 6.84. The van der Waals surface area contributed by atoms with Crippen molar-refractivity contribution >= 4 is 23.8 Å².